The average molecular weight is 371 g/mol. The minimum absolute atomic E-state index is 0.0401. The van der Waals surface area contributed by atoms with Gasteiger partial charge in [-0.1, -0.05) is 25.6 Å². The zero-order valence-corrected chi connectivity index (χ0v) is 15.9. The number of aromatic nitrogens is 3. The van der Waals surface area contributed by atoms with E-state index in [2.05, 4.69) is 10.2 Å². The first-order valence-corrected chi connectivity index (χ1v) is 9.38. The largest absolute Gasteiger partial charge is 0.508 e. The molecule has 1 aromatic heterocycles. The summed E-state index contributed by atoms with van der Waals surface area (Å²) in [7, 11) is 1.62. The number of rotatable bonds is 5. The van der Waals surface area contributed by atoms with E-state index in [1.54, 1.807) is 13.2 Å². The van der Waals surface area contributed by atoms with Crippen molar-refractivity contribution in [1.29, 1.82) is 0 Å². The standard InChI is InChI=1S/C19H21N3O3S/c1-11(2)14-9-15(17(24)10-16(14)23)18-20-21-19(26-4)22(18)12-5-7-13(25-3)8-6-12/h5-11,23-24H,1-4H3. The van der Waals surface area contributed by atoms with Crippen LogP contribution in [0.3, 0.4) is 0 Å². The Labute approximate surface area is 156 Å². The number of thioether (sulfide) groups is 1. The molecule has 1 heterocycles. The van der Waals surface area contributed by atoms with E-state index in [1.807, 2.05) is 48.9 Å². The van der Waals surface area contributed by atoms with Gasteiger partial charge in [0.2, 0.25) is 0 Å². The molecule has 0 bridgehead atoms. The molecular formula is C19H21N3O3S. The highest BCUT2D eigenvalue weighted by Gasteiger charge is 2.20. The monoisotopic (exact) mass is 371 g/mol. The van der Waals surface area contributed by atoms with Gasteiger partial charge in [-0.15, -0.1) is 10.2 Å². The molecule has 0 saturated carbocycles. The van der Waals surface area contributed by atoms with E-state index < -0.39 is 0 Å². The van der Waals surface area contributed by atoms with E-state index in [0.717, 1.165) is 17.0 Å². The molecule has 136 valence electrons. The van der Waals surface area contributed by atoms with Crippen molar-refractivity contribution in [3.8, 4) is 34.3 Å². The molecule has 0 atom stereocenters. The maximum Gasteiger partial charge on any atom is 0.195 e. The van der Waals surface area contributed by atoms with Crippen LogP contribution in [0.15, 0.2) is 41.6 Å². The van der Waals surface area contributed by atoms with Crippen molar-refractivity contribution in [2.24, 2.45) is 0 Å². The second-order valence-corrected chi connectivity index (χ2v) is 6.90. The molecule has 2 N–H and O–H groups in total. The Morgan fingerprint density at radius 1 is 1.04 bits per heavy atom. The molecule has 0 aliphatic rings. The van der Waals surface area contributed by atoms with Gasteiger partial charge in [0.1, 0.15) is 17.2 Å². The van der Waals surface area contributed by atoms with Gasteiger partial charge < -0.3 is 14.9 Å². The number of hydrogen-bond donors (Lipinski definition) is 2. The highest BCUT2D eigenvalue weighted by Crippen LogP contribution is 2.38. The fourth-order valence-corrected chi connectivity index (χ4v) is 3.27. The lowest BCUT2D eigenvalue weighted by molar-refractivity contribution is 0.414. The van der Waals surface area contributed by atoms with E-state index in [9.17, 15) is 10.2 Å². The van der Waals surface area contributed by atoms with Crippen LogP contribution in [0, 0.1) is 0 Å². The molecule has 0 spiro atoms. The van der Waals surface area contributed by atoms with E-state index in [1.165, 1.54) is 17.8 Å². The highest BCUT2D eigenvalue weighted by atomic mass is 32.2. The maximum absolute atomic E-state index is 10.4. The molecule has 0 unspecified atom stereocenters. The molecule has 0 radical (unpaired) electrons. The van der Waals surface area contributed by atoms with Crippen molar-refractivity contribution in [3.05, 3.63) is 42.0 Å². The van der Waals surface area contributed by atoms with Crippen molar-refractivity contribution < 1.29 is 14.9 Å². The van der Waals surface area contributed by atoms with Crippen LogP contribution in [0.25, 0.3) is 17.1 Å². The summed E-state index contributed by atoms with van der Waals surface area (Å²) in [4.78, 5) is 0. The molecule has 0 fully saturated rings. The summed E-state index contributed by atoms with van der Waals surface area (Å²) in [5.41, 5.74) is 2.12. The number of nitrogens with zero attached hydrogens (tertiary/aromatic N) is 3. The third-order valence-electron chi connectivity index (χ3n) is 4.15. The molecular weight excluding hydrogens is 350 g/mol. The Bertz CT molecular complexity index is 921. The predicted molar refractivity (Wildman–Crippen MR) is 103 cm³/mol. The number of methoxy groups -OCH3 is 1. The van der Waals surface area contributed by atoms with Crippen molar-refractivity contribution in [2.75, 3.05) is 13.4 Å². The first kappa shape index (κ1) is 18.1. The fraction of sp³-hybridized carbons (Fsp3) is 0.263. The molecule has 0 aliphatic heterocycles. The summed E-state index contributed by atoms with van der Waals surface area (Å²) in [5.74, 6) is 1.40. The topological polar surface area (TPSA) is 80.4 Å². The highest BCUT2D eigenvalue weighted by molar-refractivity contribution is 7.98. The summed E-state index contributed by atoms with van der Waals surface area (Å²) in [6, 6.07) is 10.7. The van der Waals surface area contributed by atoms with Gasteiger partial charge in [-0.3, -0.25) is 4.57 Å². The molecule has 0 aliphatic carbocycles. The molecule has 26 heavy (non-hydrogen) atoms. The lowest BCUT2D eigenvalue weighted by atomic mass is 9.98. The number of hydrogen-bond acceptors (Lipinski definition) is 6. The minimum Gasteiger partial charge on any atom is -0.508 e. The normalized spacial score (nSPS) is 11.1. The van der Waals surface area contributed by atoms with E-state index in [0.29, 0.717) is 16.5 Å². The van der Waals surface area contributed by atoms with Gasteiger partial charge in [-0.2, -0.15) is 0 Å². The zero-order valence-electron chi connectivity index (χ0n) is 15.1. The van der Waals surface area contributed by atoms with Crippen LogP contribution in [0.4, 0.5) is 0 Å². The maximum atomic E-state index is 10.4. The Kier molecular flexibility index (Phi) is 5.08. The van der Waals surface area contributed by atoms with Crippen LogP contribution in [0.5, 0.6) is 17.2 Å². The van der Waals surface area contributed by atoms with Crippen LogP contribution in [-0.4, -0.2) is 38.3 Å². The Morgan fingerprint density at radius 2 is 1.73 bits per heavy atom. The van der Waals surface area contributed by atoms with E-state index >= 15 is 0 Å². The quantitative estimate of drug-likeness (QED) is 0.654. The number of aromatic hydroxyl groups is 2. The third kappa shape index (κ3) is 3.22. The van der Waals surface area contributed by atoms with Gasteiger partial charge in [0.25, 0.3) is 0 Å². The van der Waals surface area contributed by atoms with Crippen LogP contribution in [0.2, 0.25) is 0 Å². The summed E-state index contributed by atoms with van der Waals surface area (Å²) >= 11 is 1.46. The molecule has 3 aromatic rings. The van der Waals surface area contributed by atoms with Crippen molar-refractivity contribution >= 4 is 11.8 Å². The van der Waals surface area contributed by atoms with Gasteiger partial charge >= 0.3 is 0 Å². The average Bonchev–Trinajstić information content (AvgIpc) is 3.05. The Hall–Kier alpha value is -2.67. The predicted octanol–water partition coefficient (Wildman–Crippen LogP) is 4.20. The van der Waals surface area contributed by atoms with Crippen molar-refractivity contribution in [3.63, 3.8) is 0 Å². The smallest absolute Gasteiger partial charge is 0.195 e. The summed E-state index contributed by atoms with van der Waals surface area (Å²) in [6.45, 7) is 3.97. The van der Waals surface area contributed by atoms with Gasteiger partial charge in [0.05, 0.1) is 18.4 Å². The second kappa shape index (κ2) is 7.29. The van der Waals surface area contributed by atoms with Crippen LogP contribution >= 0.6 is 11.8 Å². The zero-order chi connectivity index (χ0) is 18.8. The molecule has 2 aromatic carbocycles. The third-order valence-corrected chi connectivity index (χ3v) is 4.78. The second-order valence-electron chi connectivity index (χ2n) is 6.13. The number of benzene rings is 2. The van der Waals surface area contributed by atoms with Crippen molar-refractivity contribution in [2.45, 2.75) is 24.9 Å². The number of ether oxygens (including phenoxy) is 1. The Morgan fingerprint density at radius 3 is 2.31 bits per heavy atom. The first-order valence-electron chi connectivity index (χ1n) is 8.16. The van der Waals surface area contributed by atoms with E-state index in [-0.39, 0.29) is 17.4 Å². The molecule has 7 heteroatoms. The number of phenols is 2. The molecule has 6 nitrogen and oxygen atoms in total. The summed E-state index contributed by atoms with van der Waals surface area (Å²) in [6.07, 6.45) is 1.92. The lowest BCUT2D eigenvalue weighted by Gasteiger charge is -2.14. The fourth-order valence-electron chi connectivity index (χ4n) is 2.78. The number of phenolic OH excluding ortho intramolecular Hbond substituents is 2. The molecule has 0 saturated heterocycles. The van der Waals surface area contributed by atoms with Gasteiger partial charge in [-0.05, 0) is 48.1 Å². The van der Waals surface area contributed by atoms with Crippen LogP contribution in [-0.2, 0) is 0 Å². The van der Waals surface area contributed by atoms with Crippen LogP contribution in [0.1, 0.15) is 25.3 Å². The molecule has 0 amide bonds. The van der Waals surface area contributed by atoms with Gasteiger partial charge in [0, 0.05) is 6.07 Å². The van der Waals surface area contributed by atoms with E-state index in [4.69, 9.17) is 4.74 Å². The van der Waals surface area contributed by atoms with Crippen molar-refractivity contribution in [1.82, 2.24) is 14.8 Å². The van der Waals surface area contributed by atoms with Gasteiger partial charge in [-0.25, -0.2) is 0 Å². The van der Waals surface area contributed by atoms with Gasteiger partial charge in [0.15, 0.2) is 11.0 Å². The molecule has 3 rings (SSSR count). The minimum atomic E-state index is -0.0401. The SMILES string of the molecule is COc1ccc(-n2c(SC)nnc2-c2cc(C(C)C)c(O)cc2O)cc1. The summed E-state index contributed by atoms with van der Waals surface area (Å²) in [5, 5.41) is 29.7. The first-order chi connectivity index (χ1) is 12.5. The summed E-state index contributed by atoms with van der Waals surface area (Å²) < 4.78 is 7.09. The lowest BCUT2D eigenvalue weighted by Crippen LogP contribution is -2.00. The van der Waals surface area contributed by atoms with Crippen LogP contribution < -0.4 is 4.74 Å². The Balaban J connectivity index is 2.21.